The van der Waals surface area contributed by atoms with E-state index in [0.29, 0.717) is 50.8 Å². The maximum atomic E-state index is 14.0. The first-order valence-electron chi connectivity index (χ1n) is 19.0. The second-order valence-corrected chi connectivity index (χ2v) is 14.3. The van der Waals surface area contributed by atoms with Gasteiger partial charge in [-0.15, -0.1) is 0 Å². The number of nitrogens with one attached hydrogen (secondary N) is 4. The molecule has 1 saturated carbocycles. The van der Waals surface area contributed by atoms with Crippen molar-refractivity contribution in [2.45, 2.75) is 127 Å². The van der Waals surface area contributed by atoms with E-state index in [1.165, 1.54) is 12.1 Å². The van der Waals surface area contributed by atoms with Gasteiger partial charge >= 0.3 is 5.97 Å². The molecule has 1 aliphatic heterocycles. The van der Waals surface area contributed by atoms with Gasteiger partial charge in [-0.3, -0.25) is 28.8 Å². The number of nitrogens with two attached hydrogens (primary N) is 3. The van der Waals surface area contributed by atoms with Crippen LogP contribution in [0, 0.1) is 11.8 Å². The zero-order valence-corrected chi connectivity index (χ0v) is 30.6. The Labute approximate surface area is 311 Å². The van der Waals surface area contributed by atoms with Gasteiger partial charge in [-0.05, 0) is 101 Å². The van der Waals surface area contributed by atoms with E-state index in [1.54, 1.807) is 24.3 Å². The smallest absolute Gasteiger partial charge is 0.306 e. The van der Waals surface area contributed by atoms with Crippen molar-refractivity contribution in [1.82, 2.24) is 21.3 Å². The summed E-state index contributed by atoms with van der Waals surface area (Å²) in [4.78, 5) is 80.4. The van der Waals surface area contributed by atoms with Gasteiger partial charge in [0.2, 0.25) is 23.6 Å². The van der Waals surface area contributed by atoms with E-state index in [4.69, 9.17) is 17.2 Å². The van der Waals surface area contributed by atoms with Crippen molar-refractivity contribution in [1.29, 1.82) is 0 Å². The Morgan fingerprint density at radius 2 is 1.38 bits per heavy atom. The summed E-state index contributed by atoms with van der Waals surface area (Å²) < 4.78 is 0. The molecule has 0 aromatic heterocycles. The van der Waals surface area contributed by atoms with Gasteiger partial charge in [-0.2, -0.15) is 0 Å². The summed E-state index contributed by atoms with van der Waals surface area (Å²) in [7, 11) is 0. The van der Waals surface area contributed by atoms with Crippen LogP contribution in [-0.2, 0) is 35.2 Å². The lowest BCUT2D eigenvalue weighted by Crippen LogP contribution is -2.58. The number of benzene rings is 1. The molecule has 0 spiro atoms. The molecule has 294 valence electrons. The van der Waals surface area contributed by atoms with Crippen LogP contribution in [0.15, 0.2) is 36.4 Å². The second-order valence-electron chi connectivity index (χ2n) is 14.3. The van der Waals surface area contributed by atoms with Crippen molar-refractivity contribution < 1.29 is 39.0 Å². The number of unbranched alkanes of at least 4 members (excludes halogenated alkanes) is 2. The number of carbonyl (C=O) groups is 6. The molecule has 3 rings (SSSR count). The van der Waals surface area contributed by atoms with Crippen molar-refractivity contribution >= 4 is 35.4 Å². The van der Waals surface area contributed by atoms with Crippen LogP contribution in [-0.4, -0.2) is 88.9 Å². The van der Waals surface area contributed by atoms with Crippen LogP contribution in [0.1, 0.15) is 95.5 Å². The largest absolute Gasteiger partial charge is 0.508 e. The van der Waals surface area contributed by atoms with Gasteiger partial charge in [0.1, 0.15) is 23.9 Å². The molecule has 1 aromatic carbocycles. The Morgan fingerprint density at radius 3 is 1.96 bits per heavy atom. The molecule has 1 aromatic rings. The van der Waals surface area contributed by atoms with E-state index in [-0.39, 0.29) is 50.2 Å². The minimum absolute atomic E-state index is 0.0181. The SMILES string of the molecule is NCCCC[C@@H]1NC(=O)[C@H](CCCCN)NC(=O)[C@@H](N)CC=CC[C@@H](C(=O)N[C@@H](Cc2ccc(O)cc2)C(=O)C[C@@H](CC2CCCC2)C(=O)O)NC1=O. The first-order valence-corrected chi connectivity index (χ1v) is 19.0. The second kappa shape index (κ2) is 22.7. The summed E-state index contributed by atoms with van der Waals surface area (Å²) in [5.41, 5.74) is 18.1. The van der Waals surface area contributed by atoms with Crippen LogP contribution in [0.5, 0.6) is 5.75 Å². The molecule has 53 heavy (non-hydrogen) atoms. The molecule has 1 aliphatic carbocycles. The zero-order chi connectivity index (χ0) is 38.8. The minimum atomic E-state index is -1.20. The molecule has 1 heterocycles. The number of amides is 4. The first-order chi connectivity index (χ1) is 25.4. The van der Waals surface area contributed by atoms with Crippen LogP contribution in [0.3, 0.4) is 0 Å². The number of phenols is 1. The average molecular weight is 742 g/mol. The molecule has 0 bridgehead atoms. The molecule has 12 N–H and O–H groups in total. The maximum absolute atomic E-state index is 14.0. The Kier molecular flexibility index (Phi) is 18.4. The lowest BCUT2D eigenvalue weighted by atomic mass is 9.87. The summed E-state index contributed by atoms with van der Waals surface area (Å²) in [6, 6.07) is 0.757. The Hall–Kier alpha value is -4.34. The highest BCUT2D eigenvalue weighted by Gasteiger charge is 2.34. The molecule has 4 amide bonds. The van der Waals surface area contributed by atoms with Gasteiger partial charge in [-0.1, -0.05) is 50.0 Å². The molecular formula is C38H59N7O8. The van der Waals surface area contributed by atoms with Gasteiger partial charge in [0.15, 0.2) is 5.78 Å². The van der Waals surface area contributed by atoms with Gasteiger partial charge in [0, 0.05) is 6.42 Å². The van der Waals surface area contributed by atoms with Gasteiger partial charge in [0.25, 0.3) is 0 Å². The predicted octanol–water partition coefficient (Wildman–Crippen LogP) is 1.05. The molecule has 6 atom stereocenters. The number of carboxylic acid groups (broad SMARTS) is 1. The highest BCUT2D eigenvalue weighted by Crippen LogP contribution is 2.32. The van der Waals surface area contributed by atoms with E-state index in [2.05, 4.69) is 21.3 Å². The van der Waals surface area contributed by atoms with Crippen LogP contribution in [0.25, 0.3) is 0 Å². The Bertz CT molecular complexity index is 1400. The highest BCUT2D eigenvalue weighted by atomic mass is 16.4. The molecule has 0 unspecified atom stereocenters. The number of aromatic hydroxyl groups is 1. The van der Waals surface area contributed by atoms with Crippen LogP contribution in [0.2, 0.25) is 0 Å². The number of aliphatic carboxylic acids is 1. The van der Waals surface area contributed by atoms with Crippen molar-refractivity contribution in [3.63, 3.8) is 0 Å². The molecule has 1 fully saturated rings. The Morgan fingerprint density at radius 1 is 0.811 bits per heavy atom. The molecule has 15 heteroatoms. The number of carboxylic acids is 1. The number of ketones is 1. The van der Waals surface area contributed by atoms with Crippen molar-refractivity contribution in [2.24, 2.45) is 29.0 Å². The summed E-state index contributed by atoms with van der Waals surface area (Å²) in [5.74, 6) is -4.65. The number of rotatable bonds is 18. The molecule has 0 saturated heterocycles. The number of carbonyl (C=O) groups excluding carboxylic acids is 5. The summed E-state index contributed by atoms with van der Waals surface area (Å²) in [6.07, 6.45) is 10.0. The standard InChI is InChI=1S/C38H59N7O8/c39-19-7-5-13-29-35(49)44-31(14-6-8-20-40)36(50)43-30(12-4-3-11-28(41)34(48)42-29)37(51)45-32(22-25-15-17-27(46)18-16-25)33(47)23-26(38(52)53)21-24-9-1-2-10-24/h3-4,15-18,24,26,28-32,46H,1-2,5-14,19-23,39-41H2,(H,42,48)(H,43,50)(H,44,49)(H,45,51)(H,52,53)/t26-,28+,29+,30+,31+,32+/m1/s1. The molecule has 2 aliphatic rings. The van der Waals surface area contributed by atoms with E-state index in [1.807, 2.05) is 0 Å². The fourth-order valence-electron chi connectivity index (χ4n) is 6.85. The first kappa shape index (κ1) is 43.1. The van der Waals surface area contributed by atoms with E-state index in [0.717, 1.165) is 25.7 Å². The van der Waals surface area contributed by atoms with Crippen LogP contribution >= 0.6 is 0 Å². The third-order valence-electron chi connectivity index (χ3n) is 10.0. The minimum Gasteiger partial charge on any atom is -0.508 e. The summed E-state index contributed by atoms with van der Waals surface area (Å²) in [6.45, 7) is 0.774. The number of hydrogen-bond donors (Lipinski definition) is 9. The number of Topliss-reactive ketones (excluding diaryl/α,β-unsaturated/α-hetero) is 1. The van der Waals surface area contributed by atoms with Crippen molar-refractivity contribution in [3.05, 3.63) is 42.0 Å². The van der Waals surface area contributed by atoms with E-state index in [9.17, 15) is 39.0 Å². The number of hydrogen-bond acceptors (Lipinski definition) is 10. The van der Waals surface area contributed by atoms with Crippen molar-refractivity contribution in [2.75, 3.05) is 13.1 Å². The topological polar surface area (TPSA) is 269 Å². The lowest BCUT2D eigenvalue weighted by molar-refractivity contribution is -0.144. The predicted molar refractivity (Wildman–Crippen MR) is 199 cm³/mol. The molecule has 0 radical (unpaired) electrons. The van der Waals surface area contributed by atoms with Gasteiger partial charge in [-0.25, -0.2) is 0 Å². The van der Waals surface area contributed by atoms with E-state index >= 15 is 0 Å². The summed E-state index contributed by atoms with van der Waals surface area (Å²) >= 11 is 0. The maximum Gasteiger partial charge on any atom is 0.306 e. The average Bonchev–Trinajstić information content (AvgIpc) is 3.65. The highest BCUT2D eigenvalue weighted by molar-refractivity contribution is 5.96. The third kappa shape index (κ3) is 14.9. The van der Waals surface area contributed by atoms with Crippen LogP contribution < -0.4 is 38.5 Å². The monoisotopic (exact) mass is 741 g/mol. The fraction of sp³-hybridized carbons (Fsp3) is 0.632. The number of phenolic OH excluding ortho intramolecular Hbond substituents is 1. The van der Waals surface area contributed by atoms with Gasteiger partial charge < -0.3 is 48.7 Å². The summed E-state index contributed by atoms with van der Waals surface area (Å²) in [5, 5.41) is 30.8. The fourth-order valence-corrected chi connectivity index (χ4v) is 6.85. The lowest BCUT2D eigenvalue weighted by Gasteiger charge is -2.27. The van der Waals surface area contributed by atoms with Gasteiger partial charge in [0.05, 0.1) is 18.0 Å². The van der Waals surface area contributed by atoms with Crippen LogP contribution in [0.4, 0.5) is 0 Å². The molecule has 15 nitrogen and oxygen atoms in total. The molecular weight excluding hydrogens is 682 g/mol. The third-order valence-corrected chi connectivity index (χ3v) is 10.0. The van der Waals surface area contributed by atoms with Crippen molar-refractivity contribution in [3.8, 4) is 5.75 Å². The van der Waals surface area contributed by atoms with E-state index < -0.39 is 71.5 Å². The quantitative estimate of drug-likeness (QED) is 0.0758. The normalized spacial score (nSPS) is 22.9. The Balaban J connectivity index is 1.89. The zero-order valence-electron chi connectivity index (χ0n) is 30.6.